The van der Waals surface area contributed by atoms with E-state index in [2.05, 4.69) is 48.5 Å². The van der Waals surface area contributed by atoms with Gasteiger partial charge in [0.05, 0.1) is 56.5 Å². The molecule has 36 heteroatoms. The average molecular weight is 1850 g/mol. The number of phenols is 2. The van der Waals surface area contributed by atoms with E-state index < -0.39 is 64.9 Å². The highest BCUT2D eigenvalue weighted by molar-refractivity contribution is 9.09. The number of aliphatic hydroxyl groups is 1. The molecule has 6 N–H and O–H groups in total. The maximum atomic E-state index is 12.7. The second kappa shape index (κ2) is 43.7. The van der Waals surface area contributed by atoms with Gasteiger partial charge in [0.1, 0.15) is 48.4 Å². The van der Waals surface area contributed by atoms with Gasteiger partial charge in [-0.15, -0.1) is 93.3 Å². The number of aliphatic carboxylic acids is 3. The number of thioether (sulfide) groups is 3. The number of hydrogen-bond acceptors (Lipinski definition) is 20. The predicted molar refractivity (Wildman–Crippen MR) is 447 cm³/mol. The predicted octanol–water partition coefficient (Wildman–Crippen LogP) is 24.9. The van der Waals surface area contributed by atoms with Crippen molar-refractivity contribution < 1.29 is 107 Å². The van der Waals surface area contributed by atoms with Crippen molar-refractivity contribution in [2.75, 3.05) is 18.5 Å². The number of rotatable bonds is 21. The van der Waals surface area contributed by atoms with Crippen LogP contribution < -0.4 is 9.47 Å². The number of thiazole rings is 4. The van der Waals surface area contributed by atoms with Gasteiger partial charge < -0.3 is 40.1 Å². The van der Waals surface area contributed by atoms with E-state index in [1.54, 1.807) is 72.5 Å². The molecule has 626 valence electrons. The number of nitrogens with zero attached hydrogens (tertiary/aromatic N) is 4. The number of carbonyl (C=O) groups is 3. The zero-order valence-electron chi connectivity index (χ0n) is 63.3. The summed E-state index contributed by atoms with van der Waals surface area (Å²) >= 11 is 17.3. The molecule has 12 rings (SSSR count). The van der Waals surface area contributed by atoms with Crippen molar-refractivity contribution in [3.05, 3.63) is 257 Å². The Bertz CT molecular complexity index is 5180. The third kappa shape index (κ3) is 30.0. The Balaban J connectivity index is 0.000000208. The van der Waals surface area contributed by atoms with Crippen molar-refractivity contribution >= 4 is 127 Å². The SMILES string of the molecule is Cc1cc(S)ccc1O.Cc1cc(SCc2sc(-c3ccc(C(F)(F)F)cc3)nc2C)ccc1O.Cc1cc(SCc2sc(-c3ccc(C(F)(F)F)cc3)nc2C)ccc1OCC(=O)O.Cc1cc(SCc2sc(-c3ccc(C(F)(F)F)cc3)nc2C)ccc1OCC(=O)O.Cc1nc(-c2ccc(C(F)(F)F)cc2)sc1CO.O=C(O)CBr. The van der Waals surface area contributed by atoms with E-state index in [0.29, 0.717) is 82.5 Å². The maximum Gasteiger partial charge on any atom is 0.416 e. The molecule has 118 heavy (non-hydrogen) atoms. The van der Waals surface area contributed by atoms with E-state index in [9.17, 15) is 72.2 Å². The fourth-order valence-corrected chi connectivity index (χ4v) is 17.6. The highest BCUT2D eigenvalue weighted by Crippen LogP contribution is 2.42. The van der Waals surface area contributed by atoms with Crippen LogP contribution in [-0.2, 0) is 63.0 Å². The fourth-order valence-electron chi connectivity index (χ4n) is 9.79. The van der Waals surface area contributed by atoms with Gasteiger partial charge in [0.15, 0.2) is 13.2 Å². The van der Waals surface area contributed by atoms with E-state index in [0.717, 1.165) is 127 Å². The minimum atomic E-state index is -4.36. The van der Waals surface area contributed by atoms with Gasteiger partial charge in [-0.1, -0.05) is 64.5 Å². The van der Waals surface area contributed by atoms with E-state index in [-0.39, 0.29) is 30.9 Å². The molecule has 15 nitrogen and oxygen atoms in total. The molecule has 0 aliphatic carbocycles. The van der Waals surface area contributed by atoms with Crippen LogP contribution in [0.5, 0.6) is 23.0 Å². The van der Waals surface area contributed by atoms with Crippen LogP contribution in [0.4, 0.5) is 52.7 Å². The van der Waals surface area contributed by atoms with Gasteiger partial charge in [0.2, 0.25) is 0 Å². The van der Waals surface area contributed by atoms with Crippen molar-refractivity contribution in [3.8, 4) is 65.3 Å². The number of aromatic hydroxyl groups is 2. The Hall–Kier alpha value is -9.11. The molecule has 0 saturated heterocycles. The minimum Gasteiger partial charge on any atom is -0.508 e. The van der Waals surface area contributed by atoms with Crippen LogP contribution >= 0.6 is 109 Å². The lowest BCUT2D eigenvalue weighted by Crippen LogP contribution is -2.09. The molecule has 0 fully saturated rings. The quantitative estimate of drug-likeness (QED) is 0.0153. The first-order valence-corrected chi connectivity index (χ1v) is 42.2. The number of aryl methyl sites for hydroxylation is 8. The fraction of sp³-hybridized carbons (Fsp3) is 0.232. The second-order valence-electron chi connectivity index (χ2n) is 25.1. The number of aromatic nitrogens is 4. The molecule has 0 unspecified atom stereocenters. The molecular weight excluding hydrogens is 1780 g/mol. The molecule has 0 atom stereocenters. The van der Waals surface area contributed by atoms with E-state index in [1.165, 1.54) is 93.9 Å². The van der Waals surface area contributed by atoms with Gasteiger partial charge in [0.25, 0.3) is 0 Å². The topological polar surface area (TPSA) is 243 Å². The van der Waals surface area contributed by atoms with Gasteiger partial charge in [-0.2, -0.15) is 52.7 Å². The molecule has 12 aromatic rings. The van der Waals surface area contributed by atoms with Crippen molar-refractivity contribution in [2.45, 2.75) is 124 Å². The molecule has 0 aliphatic heterocycles. The van der Waals surface area contributed by atoms with Gasteiger partial charge in [-0.3, -0.25) is 4.79 Å². The molecule has 0 bridgehead atoms. The average Bonchev–Trinajstić information content (AvgIpc) is 1.63. The normalized spacial score (nSPS) is 11.3. The summed E-state index contributed by atoms with van der Waals surface area (Å²) in [5.74, 6) is 0.813. The summed E-state index contributed by atoms with van der Waals surface area (Å²) in [6, 6.07) is 41.7. The third-order valence-corrected chi connectivity index (χ3v) is 25.3. The van der Waals surface area contributed by atoms with Crippen molar-refractivity contribution in [1.82, 2.24) is 19.9 Å². The first kappa shape index (κ1) is 96.0. The third-order valence-electron chi connectivity index (χ3n) is 16.1. The number of hydrogen-bond donors (Lipinski definition) is 7. The molecule has 0 saturated carbocycles. The van der Waals surface area contributed by atoms with Gasteiger partial charge in [-0.25, -0.2) is 29.5 Å². The number of ether oxygens (including phenoxy) is 2. The van der Waals surface area contributed by atoms with Crippen LogP contribution in [0.2, 0.25) is 0 Å². The van der Waals surface area contributed by atoms with Gasteiger partial charge >= 0.3 is 42.6 Å². The highest BCUT2D eigenvalue weighted by atomic mass is 79.9. The number of halogens is 13. The van der Waals surface area contributed by atoms with Crippen LogP contribution in [0.25, 0.3) is 42.3 Å². The Kier molecular flexibility index (Phi) is 35.6. The summed E-state index contributed by atoms with van der Waals surface area (Å²) in [4.78, 5) is 56.1. The molecule has 4 aromatic heterocycles. The zero-order chi connectivity index (χ0) is 87.1. The molecule has 0 spiro atoms. The number of aliphatic hydroxyl groups excluding tert-OH is 1. The molecule has 0 radical (unpaired) electrons. The second-order valence-corrected chi connectivity index (χ2v) is 33.7. The van der Waals surface area contributed by atoms with Crippen LogP contribution in [-0.4, -0.2) is 87.0 Å². The lowest BCUT2D eigenvalue weighted by molar-refractivity contribution is -0.140. The molecule has 4 heterocycles. The lowest BCUT2D eigenvalue weighted by Gasteiger charge is -2.08. The summed E-state index contributed by atoms with van der Waals surface area (Å²) in [5, 5.41) is 55.5. The van der Waals surface area contributed by atoms with Crippen LogP contribution in [0, 0.1) is 55.4 Å². The number of thiol groups is 1. The first-order valence-electron chi connectivity index (χ1n) is 34.4. The van der Waals surface area contributed by atoms with E-state index in [1.807, 2.05) is 90.9 Å². The van der Waals surface area contributed by atoms with Crippen LogP contribution in [0.3, 0.4) is 0 Å². The molecule has 0 amide bonds. The maximum absolute atomic E-state index is 12.7. The smallest absolute Gasteiger partial charge is 0.416 e. The standard InChI is InChI=1S/2C21H18F3NO3S2.C19H16F3NOS2.C12H10F3NOS.C7H8OS.C2H3BrO2/c2*1-12-9-16(7-8-17(12)28-10-19(26)27)29-11-18-13(2)25-20(30-18)14-3-5-15(6-4-14)21(22,23)24;1-11-9-15(7-8-16(11)24)25-10-17-12(2)23-18(26-17)13-3-5-14(6-4-13)19(20,21)22;1-7-10(6-17)18-11(16-7)8-2-4-9(5-3-8)12(13,14)15;1-5-4-6(9)2-3-7(5)8;3-1-2(4)5/h2*3-9H,10-11H2,1-2H3,(H,26,27);3-9,24H,10H2,1-2H3;2-5,17H,6H2,1H3;2-4,8-9H,1H3;1H2,(H,4,5). The zero-order valence-corrected chi connectivity index (χ0v) is 71.5. The van der Waals surface area contributed by atoms with Gasteiger partial charge in [0, 0.05) is 73.7 Å². The monoisotopic (exact) mass is 1850 g/mol. The van der Waals surface area contributed by atoms with Crippen molar-refractivity contribution in [1.29, 1.82) is 0 Å². The van der Waals surface area contributed by atoms with Crippen molar-refractivity contribution in [3.63, 3.8) is 0 Å². The van der Waals surface area contributed by atoms with E-state index >= 15 is 0 Å². The number of carboxylic acid groups (broad SMARTS) is 3. The Labute approximate surface area is 712 Å². The van der Waals surface area contributed by atoms with Crippen LogP contribution in [0.15, 0.2) is 189 Å². The summed E-state index contributed by atoms with van der Waals surface area (Å²) in [5.41, 5.74) is 6.57. The van der Waals surface area contributed by atoms with Crippen molar-refractivity contribution in [2.24, 2.45) is 0 Å². The van der Waals surface area contributed by atoms with Gasteiger partial charge in [-0.05, 0) is 199 Å². The molecule has 0 aliphatic rings. The molecule has 8 aromatic carbocycles. The minimum absolute atomic E-state index is 0.0347. The summed E-state index contributed by atoms with van der Waals surface area (Å²) in [6.07, 6.45) is -17.4. The first-order chi connectivity index (χ1) is 55.4. The Morgan fingerprint density at radius 3 is 0.864 bits per heavy atom. The largest absolute Gasteiger partial charge is 0.508 e. The number of alkyl halides is 13. The number of carboxylic acids is 3. The highest BCUT2D eigenvalue weighted by Gasteiger charge is 2.33. The Morgan fingerprint density at radius 1 is 0.381 bits per heavy atom. The number of benzene rings is 8. The summed E-state index contributed by atoms with van der Waals surface area (Å²) < 4.78 is 162. The lowest BCUT2D eigenvalue weighted by atomic mass is 10.1. The molecular formula is C82H73BrF12N4O11S8. The van der Waals surface area contributed by atoms with Crippen LogP contribution in [0.1, 0.15) is 86.8 Å². The number of phenolic OH excluding ortho intramolecular Hbond substituents is 2. The van der Waals surface area contributed by atoms with E-state index in [4.69, 9.17) is 35.0 Å². The Morgan fingerprint density at radius 2 is 0.636 bits per heavy atom. The summed E-state index contributed by atoms with van der Waals surface area (Å²) in [7, 11) is 0. The summed E-state index contributed by atoms with van der Waals surface area (Å²) in [6.45, 7) is 13.9.